The van der Waals surface area contributed by atoms with Gasteiger partial charge >= 0.3 is 12.2 Å². The average Bonchev–Trinajstić information content (AvgIpc) is 3.01. The largest absolute Gasteiger partial charge is 0.416 e. The molecule has 0 radical (unpaired) electrons. The van der Waals surface area contributed by atoms with Crippen LogP contribution in [0.1, 0.15) is 11.5 Å². The second kappa shape index (κ2) is 7.18. The zero-order chi connectivity index (χ0) is 17.0. The summed E-state index contributed by atoms with van der Waals surface area (Å²) in [6, 6.07) is 4.91. The third kappa shape index (κ3) is 4.45. The zero-order valence-electron chi connectivity index (χ0n) is 12.8. The molecule has 1 saturated heterocycles. The molecule has 9 heteroatoms. The van der Waals surface area contributed by atoms with Crippen LogP contribution < -0.4 is 5.32 Å². The van der Waals surface area contributed by atoms with E-state index in [0.29, 0.717) is 25.5 Å². The van der Waals surface area contributed by atoms with Crippen LogP contribution in [0.2, 0.25) is 0 Å². The predicted molar refractivity (Wildman–Crippen MR) is 80.0 cm³/mol. The van der Waals surface area contributed by atoms with Gasteiger partial charge in [-0.2, -0.15) is 13.2 Å². The zero-order valence-corrected chi connectivity index (χ0v) is 12.8. The maximum atomic E-state index is 12.7. The van der Waals surface area contributed by atoms with E-state index in [2.05, 4.69) is 20.4 Å². The Morgan fingerprint density at radius 1 is 1.17 bits per heavy atom. The smallest absolute Gasteiger partial charge is 0.408 e. The first kappa shape index (κ1) is 16.7. The minimum Gasteiger partial charge on any atom is -0.408 e. The summed E-state index contributed by atoms with van der Waals surface area (Å²) in [6.07, 6.45) is -3.81. The highest BCUT2D eigenvalue weighted by molar-refractivity contribution is 5.53. The summed E-state index contributed by atoms with van der Waals surface area (Å²) in [5.41, 5.74) is -0.493. The Hall–Kier alpha value is -2.13. The number of hydrogen-bond acceptors (Lipinski definition) is 6. The summed E-state index contributed by atoms with van der Waals surface area (Å²) < 4.78 is 48.8. The van der Waals surface area contributed by atoms with Gasteiger partial charge in [-0.05, 0) is 18.2 Å². The number of nitrogens with zero attached hydrogens (tertiary/aromatic N) is 3. The molecule has 0 aliphatic carbocycles. The van der Waals surface area contributed by atoms with Gasteiger partial charge in [0.1, 0.15) is 0 Å². The molecule has 0 saturated carbocycles. The SMILES string of the molecule is FC(F)(F)c1cccc(Nc2nnc(CCN3CCOCC3)o2)c1. The molecule has 0 amide bonds. The van der Waals surface area contributed by atoms with Crippen molar-refractivity contribution in [2.24, 2.45) is 0 Å². The van der Waals surface area contributed by atoms with Crippen LogP contribution in [0.3, 0.4) is 0 Å². The van der Waals surface area contributed by atoms with Crippen molar-refractivity contribution >= 4 is 11.7 Å². The number of ether oxygens (including phenoxy) is 1. The monoisotopic (exact) mass is 342 g/mol. The van der Waals surface area contributed by atoms with E-state index in [1.54, 1.807) is 0 Å². The van der Waals surface area contributed by atoms with Gasteiger partial charge in [-0.3, -0.25) is 4.90 Å². The normalized spacial score (nSPS) is 16.3. The number of benzene rings is 1. The van der Waals surface area contributed by atoms with E-state index in [-0.39, 0.29) is 11.7 Å². The molecule has 0 bridgehead atoms. The molecule has 2 heterocycles. The number of morpholine rings is 1. The van der Waals surface area contributed by atoms with E-state index in [4.69, 9.17) is 9.15 Å². The Bertz CT molecular complexity index is 669. The minimum absolute atomic E-state index is 0.0753. The number of alkyl halides is 3. The topological polar surface area (TPSA) is 63.4 Å². The van der Waals surface area contributed by atoms with Crippen molar-refractivity contribution in [1.29, 1.82) is 0 Å². The fourth-order valence-corrected chi connectivity index (χ4v) is 2.38. The van der Waals surface area contributed by atoms with Gasteiger partial charge in [0.05, 0.1) is 18.8 Å². The highest BCUT2D eigenvalue weighted by atomic mass is 19.4. The molecule has 1 fully saturated rings. The number of anilines is 2. The second-order valence-corrected chi connectivity index (χ2v) is 5.41. The van der Waals surface area contributed by atoms with Crippen LogP contribution >= 0.6 is 0 Å². The maximum absolute atomic E-state index is 12.7. The molecular formula is C15H17F3N4O2. The number of hydrogen-bond donors (Lipinski definition) is 1. The van der Waals surface area contributed by atoms with Crippen molar-refractivity contribution in [3.8, 4) is 0 Å². The van der Waals surface area contributed by atoms with E-state index in [1.165, 1.54) is 12.1 Å². The van der Waals surface area contributed by atoms with Crippen molar-refractivity contribution in [3.63, 3.8) is 0 Å². The Kier molecular flexibility index (Phi) is 5.00. The molecule has 2 aromatic rings. The van der Waals surface area contributed by atoms with Crippen LogP contribution in [-0.2, 0) is 17.3 Å². The number of halogens is 3. The van der Waals surface area contributed by atoms with Gasteiger partial charge < -0.3 is 14.5 Å². The van der Waals surface area contributed by atoms with Crippen LogP contribution in [0.5, 0.6) is 0 Å². The van der Waals surface area contributed by atoms with Crippen LogP contribution in [0, 0.1) is 0 Å². The van der Waals surface area contributed by atoms with Crippen LogP contribution in [0.4, 0.5) is 24.9 Å². The van der Waals surface area contributed by atoms with Gasteiger partial charge in [-0.15, -0.1) is 5.10 Å². The standard InChI is InChI=1S/C15H17F3N4O2/c16-15(17,18)11-2-1-3-12(10-11)19-14-21-20-13(24-14)4-5-22-6-8-23-9-7-22/h1-3,10H,4-9H2,(H,19,21). The number of rotatable bonds is 5. The van der Waals surface area contributed by atoms with Gasteiger partial charge in [0.15, 0.2) is 0 Å². The Morgan fingerprint density at radius 2 is 1.96 bits per heavy atom. The van der Waals surface area contributed by atoms with E-state index in [9.17, 15) is 13.2 Å². The van der Waals surface area contributed by atoms with Crippen molar-refractivity contribution in [2.75, 3.05) is 38.2 Å². The first-order valence-electron chi connectivity index (χ1n) is 7.57. The van der Waals surface area contributed by atoms with E-state index >= 15 is 0 Å². The van der Waals surface area contributed by atoms with Gasteiger partial charge in [-0.25, -0.2) is 0 Å². The highest BCUT2D eigenvalue weighted by Gasteiger charge is 2.30. The Morgan fingerprint density at radius 3 is 2.71 bits per heavy atom. The second-order valence-electron chi connectivity index (χ2n) is 5.41. The third-order valence-electron chi connectivity index (χ3n) is 3.65. The Labute approximate surface area is 136 Å². The van der Waals surface area contributed by atoms with Crippen molar-refractivity contribution in [3.05, 3.63) is 35.7 Å². The minimum atomic E-state index is -4.39. The molecule has 3 rings (SSSR count). The maximum Gasteiger partial charge on any atom is 0.416 e. The molecule has 1 aromatic carbocycles. The lowest BCUT2D eigenvalue weighted by Gasteiger charge is -2.25. The van der Waals surface area contributed by atoms with Gasteiger partial charge in [0, 0.05) is 31.7 Å². The first-order valence-corrected chi connectivity index (χ1v) is 7.57. The lowest BCUT2D eigenvalue weighted by atomic mass is 10.2. The molecule has 1 aromatic heterocycles. The molecule has 0 unspecified atom stereocenters. The van der Waals surface area contributed by atoms with E-state index in [1.807, 2.05) is 0 Å². The quantitative estimate of drug-likeness (QED) is 0.901. The molecule has 6 nitrogen and oxygen atoms in total. The van der Waals surface area contributed by atoms with Gasteiger partial charge in [0.25, 0.3) is 0 Å². The van der Waals surface area contributed by atoms with Crippen LogP contribution in [0.25, 0.3) is 0 Å². The lowest BCUT2D eigenvalue weighted by Crippen LogP contribution is -2.37. The van der Waals surface area contributed by atoms with Crippen LogP contribution in [-0.4, -0.2) is 47.9 Å². The van der Waals surface area contributed by atoms with E-state index in [0.717, 1.165) is 31.8 Å². The third-order valence-corrected chi connectivity index (χ3v) is 3.65. The van der Waals surface area contributed by atoms with Crippen LogP contribution in [0.15, 0.2) is 28.7 Å². The summed E-state index contributed by atoms with van der Waals surface area (Å²) in [4.78, 5) is 2.23. The highest BCUT2D eigenvalue weighted by Crippen LogP contribution is 2.31. The molecule has 1 aliphatic heterocycles. The molecule has 0 spiro atoms. The summed E-state index contributed by atoms with van der Waals surface area (Å²) in [5.74, 6) is 0.441. The Balaban J connectivity index is 1.57. The molecular weight excluding hydrogens is 325 g/mol. The summed E-state index contributed by atoms with van der Waals surface area (Å²) in [7, 11) is 0. The molecule has 24 heavy (non-hydrogen) atoms. The summed E-state index contributed by atoms with van der Waals surface area (Å²) in [6.45, 7) is 3.93. The van der Waals surface area contributed by atoms with Gasteiger partial charge in [-0.1, -0.05) is 11.2 Å². The first-order chi connectivity index (χ1) is 11.5. The fraction of sp³-hybridized carbons (Fsp3) is 0.467. The molecule has 0 atom stereocenters. The molecule has 1 aliphatic rings. The van der Waals surface area contributed by atoms with Crippen molar-refractivity contribution < 1.29 is 22.3 Å². The summed E-state index contributed by atoms with van der Waals surface area (Å²) in [5, 5.41) is 10.4. The van der Waals surface area contributed by atoms with Crippen molar-refractivity contribution in [1.82, 2.24) is 15.1 Å². The summed E-state index contributed by atoms with van der Waals surface area (Å²) >= 11 is 0. The van der Waals surface area contributed by atoms with Gasteiger partial charge in [0.2, 0.25) is 5.89 Å². The average molecular weight is 342 g/mol. The molecule has 130 valence electrons. The number of nitrogens with one attached hydrogen (secondary N) is 1. The van der Waals surface area contributed by atoms with Crippen molar-refractivity contribution in [2.45, 2.75) is 12.6 Å². The predicted octanol–water partition coefficient (Wildman–Crippen LogP) is 2.71. The molecule has 1 N–H and O–H groups in total. The number of aromatic nitrogens is 2. The fourth-order valence-electron chi connectivity index (χ4n) is 2.38. The lowest BCUT2D eigenvalue weighted by molar-refractivity contribution is -0.137. The van der Waals surface area contributed by atoms with E-state index < -0.39 is 11.7 Å².